The van der Waals surface area contributed by atoms with Crippen LogP contribution < -0.4 is 0 Å². The number of aromatic hydroxyl groups is 1. The Kier molecular flexibility index (Phi) is 2.90. The van der Waals surface area contributed by atoms with Crippen molar-refractivity contribution >= 4 is 5.71 Å². The number of hydrogen-bond acceptors (Lipinski definition) is 3. The largest absolute Gasteiger partial charge is 0.507 e. The van der Waals surface area contributed by atoms with E-state index in [1.807, 2.05) is 19.1 Å². The topological polar surface area (TPSA) is 52.8 Å². The maximum Gasteiger partial charge on any atom is 0.124 e. The van der Waals surface area contributed by atoms with E-state index >= 15 is 0 Å². The van der Waals surface area contributed by atoms with Gasteiger partial charge in [0.1, 0.15) is 5.75 Å². The molecule has 0 spiro atoms. The molecule has 3 nitrogen and oxygen atoms in total. The SMILES string of the molecule is CCc1ccc(O)c(/C(C)=N/O)c1. The van der Waals surface area contributed by atoms with Gasteiger partial charge in [-0.2, -0.15) is 0 Å². The third-order valence-corrected chi connectivity index (χ3v) is 2.01. The van der Waals surface area contributed by atoms with E-state index < -0.39 is 0 Å². The highest BCUT2D eigenvalue weighted by atomic mass is 16.4. The van der Waals surface area contributed by atoms with Gasteiger partial charge >= 0.3 is 0 Å². The van der Waals surface area contributed by atoms with Crippen LogP contribution in [0.5, 0.6) is 5.75 Å². The zero-order valence-corrected chi connectivity index (χ0v) is 7.78. The number of nitrogens with zero attached hydrogens (tertiary/aromatic N) is 1. The van der Waals surface area contributed by atoms with Gasteiger partial charge in [0.25, 0.3) is 0 Å². The number of hydrogen-bond donors (Lipinski definition) is 2. The Bertz CT molecular complexity index is 332. The maximum atomic E-state index is 9.44. The van der Waals surface area contributed by atoms with E-state index in [0.717, 1.165) is 12.0 Å². The number of phenolic OH excluding ortho intramolecular Hbond substituents is 1. The summed E-state index contributed by atoms with van der Waals surface area (Å²) in [4.78, 5) is 0. The van der Waals surface area contributed by atoms with Crippen LogP contribution in [-0.2, 0) is 6.42 Å². The minimum Gasteiger partial charge on any atom is -0.507 e. The molecule has 0 unspecified atom stereocenters. The smallest absolute Gasteiger partial charge is 0.124 e. The van der Waals surface area contributed by atoms with Crippen LogP contribution in [0.3, 0.4) is 0 Å². The third-order valence-electron chi connectivity index (χ3n) is 2.01. The van der Waals surface area contributed by atoms with Gasteiger partial charge in [-0.3, -0.25) is 0 Å². The molecular formula is C10H13NO2. The fourth-order valence-electron chi connectivity index (χ4n) is 1.15. The molecule has 70 valence electrons. The van der Waals surface area contributed by atoms with Gasteiger partial charge in [-0.1, -0.05) is 18.1 Å². The van der Waals surface area contributed by atoms with Gasteiger partial charge in [-0.25, -0.2) is 0 Å². The lowest BCUT2D eigenvalue weighted by Gasteiger charge is -2.04. The summed E-state index contributed by atoms with van der Waals surface area (Å²) in [7, 11) is 0. The summed E-state index contributed by atoms with van der Waals surface area (Å²) in [5.74, 6) is 0.146. The Hall–Kier alpha value is -1.51. The maximum absolute atomic E-state index is 9.44. The van der Waals surface area contributed by atoms with Crippen molar-refractivity contribution in [3.8, 4) is 5.75 Å². The molecule has 0 radical (unpaired) electrons. The van der Waals surface area contributed by atoms with Crippen LogP contribution in [0, 0.1) is 0 Å². The van der Waals surface area contributed by atoms with Crippen LogP contribution in [0.25, 0.3) is 0 Å². The quantitative estimate of drug-likeness (QED) is 0.415. The second-order valence-electron chi connectivity index (χ2n) is 2.89. The molecular weight excluding hydrogens is 166 g/mol. The molecule has 0 heterocycles. The fraction of sp³-hybridized carbons (Fsp3) is 0.300. The van der Waals surface area contributed by atoms with Crippen molar-refractivity contribution < 1.29 is 10.3 Å². The van der Waals surface area contributed by atoms with Crippen LogP contribution in [-0.4, -0.2) is 16.0 Å². The first-order valence-electron chi connectivity index (χ1n) is 4.20. The van der Waals surface area contributed by atoms with Gasteiger partial charge in [0.2, 0.25) is 0 Å². The first-order chi connectivity index (χ1) is 6.19. The molecule has 1 aromatic rings. The molecule has 1 aromatic carbocycles. The van der Waals surface area contributed by atoms with Gasteiger partial charge in [-0.15, -0.1) is 0 Å². The Balaban J connectivity index is 3.19. The van der Waals surface area contributed by atoms with Crippen LogP contribution in [0.1, 0.15) is 25.0 Å². The van der Waals surface area contributed by atoms with E-state index in [-0.39, 0.29) is 5.75 Å². The number of oxime groups is 1. The van der Waals surface area contributed by atoms with Gasteiger partial charge in [-0.05, 0) is 31.0 Å². The Labute approximate surface area is 77.3 Å². The Morgan fingerprint density at radius 2 is 2.15 bits per heavy atom. The minimum absolute atomic E-state index is 0.146. The summed E-state index contributed by atoms with van der Waals surface area (Å²) in [5, 5.41) is 21.0. The molecule has 0 saturated heterocycles. The summed E-state index contributed by atoms with van der Waals surface area (Å²) in [6.45, 7) is 3.68. The molecule has 0 aliphatic carbocycles. The Morgan fingerprint density at radius 3 is 2.69 bits per heavy atom. The average Bonchev–Trinajstić information content (AvgIpc) is 2.17. The van der Waals surface area contributed by atoms with Crippen molar-refractivity contribution in [2.75, 3.05) is 0 Å². The van der Waals surface area contributed by atoms with Crippen molar-refractivity contribution in [3.05, 3.63) is 29.3 Å². The van der Waals surface area contributed by atoms with Crippen LogP contribution >= 0.6 is 0 Å². The lowest BCUT2D eigenvalue weighted by atomic mass is 10.0. The van der Waals surface area contributed by atoms with E-state index in [1.54, 1.807) is 13.0 Å². The highest BCUT2D eigenvalue weighted by molar-refractivity contribution is 6.00. The minimum atomic E-state index is 0.146. The van der Waals surface area contributed by atoms with E-state index in [4.69, 9.17) is 5.21 Å². The molecule has 0 aliphatic heterocycles. The van der Waals surface area contributed by atoms with Crippen molar-refractivity contribution in [2.45, 2.75) is 20.3 Å². The highest BCUT2D eigenvalue weighted by Crippen LogP contribution is 2.19. The highest BCUT2D eigenvalue weighted by Gasteiger charge is 2.05. The Morgan fingerprint density at radius 1 is 1.46 bits per heavy atom. The molecule has 0 aliphatic rings. The van der Waals surface area contributed by atoms with E-state index in [9.17, 15) is 5.11 Å². The molecule has 0 aromatic heterocycles. The van der Waals surface area contributed by atoms with E-state index in [1.165, 1.54) is 0 Å². The number of rotatable bonds is 2. The molecule has 2 N–H and O–H groups in total. The normalized spacial score (nSPS) is 11.7. The van der Waals surface area contributed by atoms with Crippen LogP contribution in [0.15, 0.2) is 23.4 Å². The number of phenols is 1. The van der Waals surface area contributed by atoms with Crippen molar-refractivity contribution in [2.24, 2.45) is 5.16 Å². The second-order valence-corrected chi connectivity index (χ2v) is 2.89. The monoisotopic (exact) mass is 179 g/mol. The molecule has 0 amide bonds. The molecule has 1 rings (SSSR count). The predicted molar refractivity (Wildman–Crippen MR) is 51.5 cm³/mol. The summed E-state index contributed by atoms with van der Waals surface area (Å²) >= 11 is 0. The summed E-state index contributed by atoms with van der Waals surface area (Å²) in [6.07, 6.45) is 0.895. The van der Waals surface area contributed by atoms with Crippen molar-refractivity contribution in [3.63, 3.8) is 0 Å². The molecule has 0 saturated carbocycles. The molecule has 0 bridgehead atoms. The fourth-order valence-corrected chi connectivity index (χ4v) is 1.15. The van der Waals surface area contributed by atoms with Crippen molar-refractivity contribution in [1.82, 2.24) is 0 Å². The number of aryl methyl sites for hydroxylation is 1. The van der Waals surface area contributed by atoms with Gasteiger partial charge in [0, 0.05) is 5.56 Å². The first kappa shape index (κ1) is 9.58. The number of benzene rings is 1. The molecule has 0 atom stereocenters. The van der Waals surface area contributed by atoms with E-state index in [0.29, 0.717) is 11.3 Å². The summed E-state index contributed by atoms with van der Waals surface area (Å²) in [5.41, 5.74) is 2.12. The zero-order chi connectivity index (χ0) is 9.84. The van der Waals surface area contributed by atoms with Crippen LogP contribution in [0.4, 0.5) is 0 Å². The summed E-state index contributed by atoms with van der Waals surface area (Å²) < 4.78 is 0. The zero-order valence-electron chi connectivity index (χ0n) is 7.78. The summed E-state index contributed by atoms with van der Waals surface area (Å²) in [6, 6.07) is 5.29. The van der Waals surface area contributed by atoms with Gasteiger partial charge < -0.3 is 10.3 Å². The van der Waals surface area contributed by atoms with Crippen LogP contribution in [0.2, 0.25) is 0 Å². The average molecular weight is 179 g/mol. The standard InChI is InChI=1S/C10H13NO2/c1-3-8-4-5-10(12)9(6-8)7(2)11-13/h4-6,12-13H,3H2,1-2H3/b11-7+. The molecule has 3 heteroatoms. The second kappa shape index (κ2) is 3.94. The lowest BCUT2D eigenvalue weighted by molar-refractivity contribution is 0.318. The first-order valence-corrected chi connectivity index (χ1v) is 4.20. The van der Waals surface area contributed by atoms with Crippen molar-refractivity contribution in [1.29, 1.82) is 0 Å². The van der Waals surface area contributed by atoms with E-state index in [2.05, 4.69) is 5.16 Å². The van der Waals surface area contributed by atoms with Gasteiger partial charge in [0.05, 0.1) is 5.71 Å². The predicted octanol–water partition coefficient (Wildman–Crippen LogP) is 2.15. The van der Waals surface area contributed by atoms with Gasteiger partial charge in [0.15, 0.2) is 0 Å². The third kappa shape index (κ3) is 1.99. The molecule has 13 heavy (non-hydrogen) atoms. The lowest BCUT2D eigenvalue weighted by Crippen LogP contribution is -1.96. The molecule has 0 fully saturated rings.